The van der Waals surface area contributed by atoms with E-state index in [0.29, 0.717) is 0 Å². The molecule has 2 heteroatoms. The van der Waals surface area contributed by atoms with Crippen LogP contribution >= 0.6 is 15.8 Å². The fourth-order valence-corrected chi connectivity index (χ4v) is 9.20. The molecule has 0 atom stereocenters. The molecular weight excluding hydrogens is 434 g/mol. The van der Waals surface area contributed by atoms with Crippen LogP contribution in [0, 0.1) is 0 Å². The average molecular weight is 463 g/mol. The van der Waals surface area contributed by atoms with E-state index in [1.807, 2.05) is 0 Å². The van der Waals surface area contributed by atoms with Crippen molar-refractivity contribution in [2.45, 2.75) is 6.92 Å². The maximum absolute atomic E-state index is 4.34. The Bertz CT molecular complexity index is 1130. The maximum atomic E-state index is 4.34. The first kappa shape index (κ1) is 23.1. The minimum atomic E-state index is -0.752. The molecule has 162 valence electrons. The summed E-state index contributed by atoms with van der Waals surface area (Å²) >= 11 is 0. The molecule has 0 fully saturated rings. The van der Waals surface area contributed by atoms with Crippen LogP contribution in [0.5, 0.6) is 0 Å². The van der Waals surface area contributed by atoms with Gasteiger partial charge >= 0.3 is 0 Å². The van der Waals surface area contributed by atoms with Crippen LogP contribution in [-0.2, 0) is 0 Å². The average Bonchev–Trinajstić information content (AvgIpc) is 2.89. The van der Waals surface area contributed by atoms with Gasteiger partial charge in [-0.15, -0.1) is 0 Å². The highest BCUT2D eigenvalue weighted by molar-refractivity contribution is 7.80. The van der Waals surface area contributed by atoms with Gasteiger partial charge in [0.05, 0.1) is 0 Å². The zero-order chi connectivity index (χ0) is 22.9. The van der Waals surface area contributed by atoms with E-state index in [1.165, 1.54) is 31.8 Å². The molecule has 4 aromatic carbocycles. The molecule has 0 heterocycles. The minimum absolute atomic E-state index is 0.741. The van der Waals surface area contributed by atoms with E-state index >= 15 is 0 Å². The lowest BCUT2D eigenvalue weighted by atomic mass is 10.4. The van der Waals surface area contributed by atoms with Gasteiger partial charge in [0, 0.05) is 0 Å². The zero-order valence-electron chi connectivity index (χ0n) is 18.9. The van der Waals surface area contributed by atoms with Gasteiger partial charge in [0.15, 0.2) is 0 Å². The zero-order valence-corrected chi connectivity index (χ0v) is 20.7. The molecule has 0 saturated heterocycles. The molecule has 0 aromatic heterocycles. The van der Waals surface area contributed by atoms with Crippen LogP contribution in [-0.4, -0.2) is 0 Å². The molecule has 0 aliphatic rings. The first-order chi connectivity index (χ1) is 16.3. The monoisotopic (exact) mass is 462 g/mol. The Morgan fingerprint density at radius 3 is 1.09 bits per heavy atom. The van der Waals surface area contributed by atoms with Crippen LogP contribution in [0.15, 0.2) is 157 Å². The maximum Gasteiger partial charge on any atom is -0.00710 e. The summed E-state index contributed by atoms with van der Waals surface area (Å²) in [5.41, 5.74) is 0. The molecule has 0 aliphatic carbocycles. The van der Waals surface area contributed by atoms with Gasteiger partial charge in [-0.1, -0.05) is 146 Å². The third-order valence-electron chi connectivity index (χ3n) is 5.32. The molecule has 33 heavy (non-hydrogen) atoms. The molecule has 4 rings (SSSR count). The first-order valence-corrected chi connectivity index (χ1v) is 13.8. The minimum Gasteiger partial charge on any atom is -0.0984 e. The Morgan fingerprint density at radius 2 is 0.818 bits per heavy atom. The van der Waals surface area contributed by atoms with E-state index in [2.05, 4.69) is 153 Å². The van der Waals surface area contributed by atoms with Gasteiger partial charge < -0.3 is 0 Å². The van der Waals surface area contributed by atoms with Crippen molar-refractivity contribution < 1.29 is 0 Å². The summed E-state index contributed by atoms with van der Waals surface area (Å²) in [7, 11) is -1.49. The molecule has 0 radical (unpaired) electrons. The van der Waals surface area contributed by atoms with Crippen molar-refractivity contribution in [3.05, 3.63) is 157 Å². The van der Waals surface area contributed by atoms with E-state index in [-0.39, 0.29) is 0 Å². The lowest BCUT2D eigenvalue weighted by Gasteiger charge is -2.27. The molecule has 0 aliphatic heterocycles. The van der Waals surface area contributed by atoms with Gasteiger partial charge in [-0.2, -0.15) is 0 Å². The molecule has 0 nitrogen and oxygen atoms in total. The van der Waals surface area contributed by atoms with Crippen molar-refractivity contribution in [1.29, 1.82) is 0 Å². The summed E-state index contributed by atoms with van der Waals surface area (Å²) in [5, 5.41) is 8.06. The number of rotatable bonds is 8. The second-order valence-electron chi connectivity index (χ2n) is 7.49. The van der Waals surface area contributed by atoms with Crippen LogP contribution in [0.4, 0.5) is 0 Å². The third-order valence-corrected chi connectivity index (χ3v) is 10.5. The van der Waals surface area contributed by atoms with Crippen molar-refractivity contribution in [2.75, 3.05) is 0 Å². The normalized spacial score (nSPS) is 12.2. The van der Waals surface area contributed by atoms with Crippen molar-refractivity contribution in [3.63, 3.8) is 0 Å². The Hall–Kier alpha value is -3.04. The van der Waals surface area contributed by atoms with E-state index in [9.17, 15) is 0 Å². The number of hydrogen-bond acceptors (Lipinski definition) is 0. The van der Waals surface area contributed by atoms with E-state index in [4.69, 9.17) is 0 Å². The SMILES string of the molecule is C=C/C(=C(\C=C/C)P(c1ccccc1)c1ccccc1)P(c1ccccc1)c1ccccc1. The summed E-state index contributed by atoms with van der Waals surface area (Å²) in [6.07, 6.45) is 6.58. The summed E-state index contributed by atoms with van der Waals surface area (Å²) in [5.74, 6) is 0. The van der Waals surface area contributed by atoms with Gasteiger partial charge in [0.2, 0.25) is 0 Å². The number of allylic oxidation sites excluding steroid dienone is 5. The third kappa shape index (κ3) is 5.48. The fraction of sp³-hybridized carbons (Fsp3) is 0.0323. The van der Waals surface area contributed by atoms with Crippen molar-refractivity contribution in [3.8, 4) is 0 Å². The smallest absolute Gasteiger partial charge is 0.00710 e. The van der Waals surface area contributed by atoms with E-state index in [1.54, 1.807) is 0 Å². The molecule has 0 N–H and O–H groups in total. The van der Waals surface area contributed by atoms with Crippen LogP contribution in [0.25, 0.3) is 0 Å². The highest BCUT2D eigenvalue weighted by atomic mass is 31.1. The van der Waals surface area contributed by atoms with Gasteiger partial charge in [-0.05, 0) is 54.6 Å². The van der Waals surface area contributed by atoms with E-state index in [0.717, 1.165) is 0 Å². The Kier molecular flexibility index (Phi) is 8.21. The van der Waals surface area contributed by atoms with Crippen LogP contribution < -0.4 is 21.2 Å². The van der Waals surface area contributed by atoms with Crippen molar-refractivity contribution >= 4 is 37.1 Å². The molecule has 0 amide bonds. The lowest BCUT2D eigenvalue weighted by Crippen LogP contribution is -2.16. The van der Waals surface area contributed by atoms with Gasteiger partial charge in [0.1, 0.15) is 0 Å². The topological polar surface area (TPSA) is 0 Å². The number of hydrogen-bond donors (Lipinski definition) is 0. The molecule has 4 aromatic rings. The predicted octanol–water partition coefficient (Wildman–Crippen LogP) is 7.23. The predicted molar refractivity (Wildman–Crippen MR) is 150 cm³/mol. The van der Waals surface area contributed by atoms with Crippen LogP contribution in [0.3, 0.4) is 0 Å². The molecular formula is C31H28P2. The second kappa shape index (κ2) is 11.7. The Balaban J connectivity index is 2.02. The molecule has 0 saturated carbocycles. The summed E-state index contributed by atoms with van der Waals surface area (Å²) in [4.78, 5) is 0. The first-order valence-electron chi connectivity index (χ1n) is 11.1. The Morgan fingerprint density at radius 1 is 0.515 bits per heavy atom. The Labute approximate surface area is 200 Å². The van der Waals surface area contributed by atoms with Gasteiger partial charge in [-0.25, -0.2) is 0 Å². The highest BCUT2D eigenvalue weighted by Crippen LogP contribution is 2.54. The molecule has 0 bridgehead atoms. The second-order valence-corrected chi connectivity index (χ2v) is 11.9. The standard InChI is InChI=1S/C31H28P2/c1-3-17-31(33(28-22-13-7-14-23-28)29-24-15-8-16-25-29)30(4-2)32(26-18-9-5-10-19-26)27-20-11-6-12-21-27/h3-25H,2H2,1H3/b17-3-,31-30-. The quantitative estimate of drug-likeness (QED) is 0.191. The number of benzene rings is 4. The van der Waals surface area contributed by atoms with E-state index < -0.39 is 15.8 Å². The summed E-state index contributed by atoms with van der Waals surface area (Å²) < 4.78 is 0. The van der Waals surface area contributed by atoms with Crippen LogP contribution in [0.1, 0.15) is 6.92 Å². The van der Waals surface area contributed by atoms with Crippen LogP contribution in [0.2, 0.25) is 0 Å². The fourth-order valence-electron chi connectivity index (χ4n) is 3.91. The molecule has 0 spiro atoms. The van der Waals surface area contributed by atoms with Crippen molar-refractivity contribution in [1.82, 2.24) is 0 Å². The lowest BCUT2D eigenvalue weighted by molar-refractivity contribution is 1.67. The van der Waals surface area contributed by atoms with Gasteiger partial charge in [-0.3, -0.25) is 0 Å². The summed E-state index contributed by atoms with van der Waals surface area (Å²) in [6.45, 7) is 6.45. The van der Waals surface area contributed by atoms with Crippen molar-refractivity contribution in [2.24, 2.45) is 0 Å². The van der Waals surface area contributed by atoms with Gasteiger partial charge in [0.25, 0.3) is 0 Å². The largest absolute Gasteiger partial charge is 0.0984 e. The molecule has 0 unspecified atom stereocenters. The summed E-state index contributed by atoms with van der Waals surface area (Å²) in [6, 6.07) is 43.6. The highest BCUT2D eigenvalue weighted by Gasteiger charge is 2.25.